The molecular weight excluding hydrogens is 218 g/mol. The molecule has 0 amide bonds. The van der Waals surface area contributed by atoms with E-state index in [9.17, 15) is 10.1 Å². The highest BCUT2D eigenvalue weighted by molar-refractivity contribution is 6.32. The van der Waals surface area contributed by atoms with Crippen molar-refractivity contribution in [2.75, 3.05) is 14.1 Å². The maximum Gasteiger partial charge on any atom is 0.288 e. The summed E-state index contributed by atoms with van der Waals surface area (Å²) in [4.78, 5) is 15.8. The lowest BCUT2D eigenvalue weighted by atomic mass is 10.3. The van der Waals surface area contributed by atoms with Gasteiger partial charge >= 0.3 is 0 Å². The van der Waals surface area contributed by atoms with Crippen molar-refractivity contribution in [1.82, 2.24) is 4.90 Å². The van der Waals surface area contributed by atoms with E-state index in [4.69, 9.17) is 11.6 Å². The van der Waals surface area contributed by atoms with E-state index in [1.165, 1.54) is 12.1 Å². The molecule has 0 unspecified atom stereocenters. The fourth-order valence-electron chi connectivity index (χ4n) is 0.906. The average molecular weight is 228 g/mol. The SMILES string of the molecule is CN(C)/C=N/c1ccc([N+](=O)[O-])c(Cl)c1. The molecule has 0 bridgehead atoms. The van der Waals surface area contributed by atoms with Crippen molar-refractivity contribution in [3.8, 4) is 0 Å². The minimum Gasteiger partial charge on any atom is -0.369 e. The second kappa shape index (κ2) is 4.75. The lowest BCUT2D eigenvalue weighted by molar-refractivity contribution is -0.384. The van der Waals surface area contributed by atoms with Crippen LogP contribution in [0, 0.1) is 10.1 Å². The summed E-state index contributed by atoms with van der Waals surface area (Å²) in [6.45, 7) is 0. The molecule has 0 fully saturated rings. The van der Waals surface area contributed by atoms with E-state index in [1.807, 2.05) is 14.1 Å². The molecule has 0 heterocycles. The van der Waals surface area contributed by atoms with Crippen molar-refractivity contribution in [2.24, 2.45) is 4.99 Å². The molecule has 0 atom stereocenters. The summed E-state index contributed by atoms with van der Waals surface area (Å²) in [6, 6.07) is 4.34. The Balaban J connectivity index is 2.97. The molecule has 0 spiro atoms. The predicted octanol–water partition coefficient (Wildman–Crippen LogP) is 2.47. The Labute approximate surface area is 92.1 Å². The van der Waals surface area contributed by atoms with Crippen LogP contribution in [0.1, 0.15) is 0 Å². The first-order valence-corrected chi connectivity index (χ1v) is 4.53. The summed E-state index contributed by atoms with van der Waals surface area (Å²) in [5.41, 5.74) is 0.472. The number of hydrogen-bond donors (Lipinski definition) is 0. The smallest absolute Gasteiger partial charge is 0.288 e. The Morgan fingerprint density at radius 2 is 2.20 bits per heavy atom. The molecule has 1 aromatic carbocycles. The molecule has 0 saturated heterocycles. The van der Waals surface area contributed by atoms with Gasteiger partial charge in [0.05, 0.1) is 16.9 Å². The molecule has 0 aromatic heterocycles. The van der Waals surface area contributed by atoms with E-state index in [0.29, 0.717) is 5.69 Å². The number of hydrogen-bond acceptors (Lipinski definition) is 3. The predicted molar refractivity (Wildman–Crippen MR) is 59.9 cm³/mol. The molecule has 0 saturated carbocycles. The van der Waals surface area contributed by atoms with Crippen molar-refractivity contribution in [1.29, 1.82) is 0 Å². The van der Waals surface area contributed by atoms with Crippen LogP contribution in [0.3, 0.4) is 0 Å². The minimum atomic E-state index is -0.526. The van der Waals surface area contributed by atoms with Gasteiger partial charge in [-0.15, -0.1) is 0 Å². The quantitative estimate of drug-likeness (QED) is 0.345. The van der Waals surface area contributed by atoms with Crippen LogP contribution in [-0.2, 0) is 0 Å². The Morgan fingerprint density at radius 3 is 2.67 bits per heavy atom. The Bertz CT molecular complexity index is 404. The molecule has 0 aliphatic rings. The van der Waals surface area contributed by atoms with Crippen LogP contribution in [0.5, 0.6) is 0 Å². The molecule has 0 N–H and O–H groups in total. The van der Waals surface area contributed by atoms with E-state index < -0.39 is 4.92 Å². The van der Waals surface area contributed by atoms with Crippen molar-refractivity contribution < 1.29 is 4.92 Å². The van der Waals surface area contributed by atoms with Gasteiger partial charge in [0.1, 0.15) is 5.02 Å². The third-order valence-electron chi connectivity index (χ3n) is 1.57. The first-order valence-electron chi connectivity index (χ1n) is 4.15. The van der Waals surface area contributed by atoms with Crippen LogP contribution >= 0.6 is 11.6 Å². The van der Waals surface area contributed by atoms with E-state index in [0.717, 1.165) is 0 Å². The fourth-order valence-corrected chi connectivity index (χ4v) is 1.15. The zero-order valence-corrected chi connectivity index (χ0v) is 9.10. The number of nitro groups is 1. The maximum absolute atomic E-state index is 10.5. The number of aliphatic imine (C=N–C) groups is 1. The molecule has 5 nitrogen and oxygen atoms in total. The standard InChI is InChI=1S/C9H10ClN3O2/c1-12(2)6-11-7-3-4-9(13(14)15)8(10)5-7/h3-6H,1-2H3/b11-6+. The van der Waals surface area contributed by atoms with Gasteiger partial charge in [0.25, 0.3) is 5.69 Å². The normalized spacial score (nSPS) is 10.6. The highest BCUT2D eigenvalue weighted by Crippen LogP contribution is 2.28. The van der Waals surface area contributed by atoms with Gasteiger partial charge < -0.3 is 4.90 Å². The van der Waals surface area contributed by atoms with Crippen LogP contribution in [0.2, 0.25) is 5.02 Å². The Hall–Kier alpha value is -1.62. The van der Waals surface area contributed by atoms with Crippen molar-refractivity contribution in [3.63, 3.8) is 0 Å². The van der Waals surface area contributed by atoms with Crippen LogP contribution in [0.25, 0.3) is 0 Å². The van der Waals surface area contributed by atoms with Crippen molar-refractivity contribution in [2.45, 2.75) is 0 Å². The van der Waals surface area contributed by atoms with Gasteiger partial charge in [-0.05, 0) is 12.1 Å². The second-order valence-corrected chi connectivity index (χ2v) is 3.51. The molecule has 1 aromatic rings. The van der Waals surface area contributed by atoms with Gasteiger partial charge in [0.2, 0.25) is 0 Å². The Morgan fingerprint density at radius 1 is 1.53 bits per heavy atom. The topological polar surface area (TPSA) is 58.7 Å². The van der Waals surface area contributed by atoms with Crippen molar-refractivity contribution in [3.05, 3.63) is 33.3 Å². The van der Waals surface area contributed by atoms with E-state index in [2.05, 4.69) is 4.99 Å². The van der Waals surface area contributed by atoms with Gasteiger partial charge in [-0.1, -0.05) is 11.6 Å². The number of benzene rings is 1. The third kappa shape index (κ3) is 3.21. The van der Waals surface area contributed by atoms with Crippen LogP contribution in [0.15, 0.2) is 23.2 Å². The highest BCUT2D eigenvalue weighted by Gasteiger charge is 2.11. The zero-order chi connectivity index (χ0) is 11.4. The monoisotopic (exact) mass is 227 g/mol. The first-order chi connectivity index (χ1) is 7.00. The molecule has 6 heteroatoms. The summed E-state index contributed by atoms with van der Waals surface area (Å²) in [7, 11) is 3.66. The zero-order valence-electron chi connectivity index (χ0n) is 8.35. The number of halogens is 1. The molecule has 0 aliphatic heterocycles. The van der Waals surface area contributed by atoms with Crippen molar-refractivity contribution >= 4 is 29.3 Å². The van der Waals surface area contributed by atoms with Gasteiger partial charge in [-0.25, -0.2) is 4.99 Å². The highest BCUT2D eigenvalue weighted by atomic mass is 35.5. The van der Waals surface area contributed by atoms with E-state index in [1.54, 1.807) is 17.3 Å². The van der Waals surface area contributed by atoms with Gasteiger partial charge in [0.15, 0.2) is 0 Å². The summed E-state index contributed by atoms with van der Waals surface area (Å²) < 4.78 is 0. The van der Waals surface area contributed by atoms with E-state index in [-0.39, 0.29) is 10.7 Å². The minimum absolute atomic E-state index is 0.0911. The second-order valence-electron chi connectivity index (χ2n) is 3.10. The van der Waals surface area contributed by atoms with Gasteiger partial charge in [-0.3, -0.25) is 10.1 Å². The number of nitrogens with zero attached hydrogens (tertiary/aromatic N) is 3. The molecule has 1 rings (SSSR count). The number of nitro benzene ring substituents is 1. The fraction of sp³-hybridized carbons (Fsp3) is 0.222. The Kier molecular flexibility index (Phi) is 3.62. The van der Waals surface area contributed by atoms with Crippen LogP contribution in [0.4, 0.5) is 11.4 Å². The van der Waals surface area contributed by atoms with Gasteiger partial charge in [0, 0.05) is 20.2 Å². The first kappa shape index (κ1) is 11.5. The lowest BCUT2D eigenvalue weighted by Gasteiger charge is -2.02. The summed E-state index contributed by atoms with van der Waals surface area (Å²) in [5.74, 6) is 0. The number of rotatable bonds is 3. The molecule has 0 radical (unpaired) electrons. The third-order valence-corrected chi connectivity index (χ3v) is 1.87. The molecule has 80 valence electrons. The maximum atomic E-state index is 10.5. The average Bonchev–Trinajstić information content (AvgIpc) is 2.14. The summed E-state index contributed by atoms with van der Waals surface area (Å²) in [6.07, 6.45) is 1.59. The molecular formula is C9H10ClN3O2. The summed E-state index contributed by atoms with van der Waals surface area (Å²) in [5, 5.41) is 10.6. The van der Waals surface area contributed by atoms with E-state index >= 15 is 0 Å². The van der Waals surface area contributed by atoms with Crippen LogP contribution in [-0.4, -0.2) is 30.3 Å². The molecule has 0 aliphatic carbocycles. The largest absolute Gasteiger partial charge is 0.369 e. The summed E-state index contributed by atoms with van der Waals surface area (Å²) >= 11 is 5.71. The van der Waals surface area contributed by atoms with Gasteiger partial charge in [-0.2, -0.15) is 0 Å². The molecule has 15 heavy (non-hydrogen) atoms. The van der Waals surface area contributed by atoms with Crippen LogP contribution < -0.4 is 0 Å². The lowest BCUT2D eigenvalue weighted by Crippen LogP contribution is -2.06.